The van der Waals surface area contributed by atoms with Gasteiger partial charge in [0.2, 0.25) is 5.89 Å². The van der Waals surface area contributed by atoms with E-state index in [4.69, 9.17) is 26.1 Å². The van der Waals surface area contributed by atoms with Crippen LogP contribution in [0.2, 0.25) is 0 Å². The molecular formula is C25H23N3O5S. The SMILES string of the molecule is CCc1ccc2oc(-c3cc(NC(=S)NC(=O)c4ccc(OC)cc4OC)ccc3O)nc2c1. The number of phenolic OH excluding ortho intramolecular Hbond substituents is 1. The molecule has 0 aliphatic heterocycles. The van der Waals surface area contributed by atoms with E-state index in [2.05, 4.69) is 22.5 Å². The Morgan fingerprint density at radius 3 is 2.65 bits per heavy atom. The van der Waals surface area contributed by atoms with Gasteiger partial charge in [0.1, 0.15) is 22.8 Å². The molecule has 1 aromatic heterocycles. The second kappa shape index (κ2) is 9.80. The fourth-order valence-corrected chi connectivity index (χ4v) is 3.62. The molecule has 0 spiro atoms. The Labute approximate surface area is 201 Å². The number of nitrogens with one attached hydrogen (secondary N) is 2. The Balaban J connectivity index is 1.52. The van der Waals surface area contributed by atoms with Gasteiger partial charge in [-0.25, -0.2) is 4.98 Å². The normalized spacial score (nSPS) is 10.7. The first-order chi connectivity index (χ1) is 16.4. The predicted molar refractivity (Wildman–Crippen MR) is 134 cm³/mol. The van der Waals surface area contributed by atoms with Crippen molar-refractivity contribution in [3.8, 4) is 28.7 Å². The average molecular weight is 478 g/mol. The molecule has 4 aromatic rings. The number of amides is 1. The van der Waals surface area contributed by atoms with E-state index >= 15 is 0 Å². The Hall–Kier alpha value is -4.11. The molecular weight excluding hydrogens is 454 g/mol. The van der Waals surface area contributed by atoms with Crippen LogP contribution in [0.4, 0.5) is 5.69 Å². The van der Waals surface area contributed by atoms with Gasteiger partial charge in [-0.2, -0.15) is 0 Å². The molecule has 0 saturated heterocycles. The number of carbonyl (C=O) groups excluding carboxylic acids is 1. The zero-order valence-corrected chi connectivity index (χ0v) is 19.7. The van der Waals surface area contributed by atoms with E-state index < -0.39 is 5.91 Å². The van der Waals surface area contributed by atoms with Crippen LogP contribution in [0.5, 0.6) is 17.2 Å². The molecule has 0 radical (unpaired) electrons. The molecule has 4 rings (SSSR count). The van der Waals surface area contributed by atoms with Gasteiger partial charge in [-0.3, -0.25) is 10.1 Å². The smallest absolute Gasteiger partial charge is 0.261 e. The maximum absolute atomic E-state index is 12.7. The molecule has 1 heterocycles. The molecule has 174 valence electrons. The summed E-state index contributed by atoms with van der Waals surface area (Å²) >= 11 is 5.30. The van der Waals surface area contributed by atoms with E-state index in [1.807, 2.05) is 18.2 Å². The second-order valence-corrected chi connectivity index (χ2v) is 7.79. The molecule has 9 heteroatoms. The van der Waals surface area contributed by atoms with Crippen LogP contribution in [0, 0.1) is 0 Å². The van der Waals surface area contributed by atoms with Gasteiger partial charge in [0, 0.05) is 11.8 Å². The third-order valence-electron chi connectivity index (χ3n) is 5.23. The fourth-order valence-electron chi connectivity index (χ4n) is 3.41. The van der Waals surface area contributed by atoms with E-state index in [0.29, 0.717) is 39.4 Å². The number of rotatable bonds is 6. The summed E-state index contributed by atoms with van der Waals surface area (Å²) in [4.78, 5) is 17.2. The summed E-state index contributed by atoms with van der Waals surface area (Å²) in [6, 6.07) is 15.4. The predicted octanol–water partition coefficient (Wildman–Crippen LogP) is 4.91. The minimum absolute atomic E-state index is 0.00532. The van der Waals surface area contributed by atoms with Gasteiger partial charge >= 0.3 is 0 Å². The maximum atomic E-state index is 12.7. The van der Waals surface area contributed by atoms with E-state index in [-0.39, 0.29) is 16.8 Å². The van der Waals surface area contributed by atoms with E-state index in [9.17, 15) is 9.90 Å². The van der Waals surface area contributed by atoms with Crippen LogP contribution in [0.3, 0.4) is 0 Å². The zero-order chi connectivity index (χ0) is 24.2. The second-order valence-electron chi connectivity index (χ2n) is 7.38. The number of anilines is 1. The Bertz CT molecular complexity index is 1380. The molecule has 0 fully saturated rings. The van der Waals surface area contributed by atoms with Crippen LogP contribution < -0.4 is 20.1 Å². The topological polar surface area (TPSA) is 106 Å². The number of ether oxygens (including phenoxy) is 2. The molecule has 0 bridgehead atoms. The first-order valence-electron chi connectivity index (χ1n) is 10.5. The third kappa shape index (κ3) is 4.79. The standard InChI is InChI=1S/C25H23N3O5S/c1-4-14-5-10-21-19(11-14)27-24(33-21)18-12-15(6-9-20(18)29)26-25(34)28-23(30)17-8-7-16(31-2)13-22(17)32-3/h5-13,29H,4H2,1-3H3,(H2,26,28,30,34). The van der Waals surface area contributed by atoms with Crippen LogP contribution in [0.25, 0.3) is 22.6 Å². The number of hydrogen-bond donors (Lipinski definition) is 3. The largest absolute Gasteiger partial charge is 0.507 e. The van der Waals surface area contributed by atoms with Crippen LogP contribution >= 0.6 is 12.2 Å². The van der Waals surface area contributed by atoms with E-state index in [0.717, 1.165) is 12.0 Å². The number of carbonyl (C=O) groups is 1. The lowest BCUT2D eigenvalue weighted by Crippen LogP contribution is -2.34. The van der Waals surface area contributed by atoms with E-state index in [1.165, 1.54) is 20.3 Å². The van der Waals surface area contributed by atoms with Crippen molar-refractivity contribution in [3.63, 3.8) is 0 Å². The number of benzene rings is 3. The molecule has 3 N–H and O–H groups in total. The summed E-state index contributed by atoms with van der Waals surface area (Å²) in [6.45, 7) is 2.07. The molecule has 0 aliphatic carbocycles. The Morgan fingerprint density at radius 1 is 1.09 bits per heavy atom. The van der Waals surface area contributed by atoms with Gasteiger partial charge in [-0.05, 0) is 66.7 Å². The van der Waals surface area contributed by atoms with Crippen molar-refractivity contribution < 1.29 is 23.8 Å². The highest BCUT2D eigenvalue weighted by atomic mass is 32.1. The Kier molecular flexibility index (Phi) is 6.65. The van der Waals surface area contributed by atoms with Gasteiger partial charge in [0.15, 0.2) is 10.7 Å². The van der Waals surface area contributed by atoms with Gasteiger partial charge in [0.05, 0.1) is 25.3 Å². The molecule has 0 saturated carbocycles. The summed E-state index contributed by atoms with van der Waals surface area (Å²) in [5.74, 6) is 0.763. The molecule has 8 nitrogen and oxygen atoms in total. The number of aryl methyl sites for hydroxylation is 1. The van der Waals surface area contributed by atoms with Gasteiger partial charge in [-0.1, -0.05) is 13.0 Å². The summed E-state index contributed by atoms with van der Waals surface area (Å²) < 4.78 is 16.3. The Morgan fingerprint density at radius 2 is 1.91 bits per heavy atom. The van der Waals surface area contributed by atoms with Crippen LogP contribution in [-0.4, -0.2) is 35.3 Å². The van der Waals surface area contributed by atoms with Gasteiger partial charge in [-0.15, -0.1) is 0 Å². The summed E-state index contributed by atoms with van der Waals surface area (Å²) in [5.41, 5.74) is 3.71. The van der Waals surface area contributed by atoms with Crippen molar-refractivity contribution in [2.75, 3.05) is 19.5 Å². The molecule has 0 aliphatic rings. The number of aromatic nitrogens is 1. The van der Waals surface area contributed by atoms with Crippen molar-refractivity contribution in [3.05, 3.63) is 65.7 Å². The zero-order valence-electron chi connectivity index (χ0n) is 18.8. The lowest BCUT2D eigenvalue weighted by atomic mass is 10.1. The number of thiocarbonyl (C=S) groups is 1. The highest BCUT2D eigenvalue weighted by Crippen LogP contribution is 2.33. The fraction of sp³-hybridized carbons (Fsp3) is 0.160. The van der Waals surface area contributed by atoms with Crippen molar-refractivity contribution in [2.45, 2.75) is 13.3 Å². The maximum Gasteiger partial charge on any atom is 0.261 e. The molecule has 3 aromatic carbocycles. The number of nitrogens with zero attached hydrogens (tertiary/aromatic N) is 1. The average Bonchev–Trinajstić information content (AvgIpc) is 3.27. The highest BCUT2D eigenvalue weighted by molar-refractivity contribution is 7.80. The highest BCUT2D eigenvalue weighted by Gasteiger charge is 2.17. The first-order valence-corrected chi connectivity index (χ1v) is 10.9. The lowest BCUT2D eigenvalue weighted by Gasteiger charge is -2.13. The van der Waals surface area contributed by atoms with Gasteiger partial charge in [0.25, 0.3) is 5.91 Å². The number of methoxy groups -OCH3 is 2. The number of hydrogen-bond acceptors (Lipinski definition) is 7. The molecule has 1 amide bonds. The van der Waals surface area contributed by atoms with Gasteiger partial charge < -0.3 is 24.3 Å². The van der Waals surface area contributed by atoms with Crippen LogP contribution in [-0.2, 0) is 6.42 Å². The number of aromatic hydroxyl groups is 1. The first kappa shape index (κ1) is 23.1. The number of oxazole rings is 1. The van der Waals surface area contributed by atoms with Crippen molar-refractivity contribution >= 4 is 40.0 Å². The molecule has 0 unspecified atom stereocenters. The van der Waals surface area contributed by atoms with Crippen molar-refractivity contribution in [1.82, 2.24) is 10.3 Å². The summed E-state index contributed by atoms with van der Waals surface area (Å²) in [7, 11) is 3.00. The lowest BCUT2D eigenvalue weighted by molar-refractivity contribution is 0.0974. The summed E-state index contributed by atoms with van der Waals surface area (Å²) in [5, 5.41) is 16.0. The number of fused-ring (bicyclic) bond motifs is 1. The third-order valence-corrected chi connectivity index (χ3v) is 5.43. The minimum atomic E-state index is -0.443. The van der Waals surface area contributed by atoms with Crippen LogP contribution in [0.1, 0.15) is 22.8 Å². The molecule has 34 heavy (non-hydrogen) atoms. The quantitative estimate of drug-likeness (QED) is 0.266. The summed E-state index contributed by atoms with van der Waals surface area (Å²) in [6.07, 6.45) is 0.883. The number of phenols is 1. The van der Waals surface area contributed by atoms with E-state index in [1.54, 1.807) is 30.3 Å². The molecule has 0 atom stereocenters. The van der Waals surface area contributed by atoms with Crippen LogP contribution in [0.15, 0.2) is 59.0 Å². The minimum Gasteiger partial charge on any atom is -0.507 e. The van der Waals surface area contributed by atoms with Crippen molar-refractivity contribution in [1.29, 1.82) is 0 Å². The van der Waals surface area contributed by atoms with Crippen molar-refractivity contribution in [2.24, 2.45) is 0 Å². The monoisotopic (exact) mass is 477 g/mol.